The Kier molecular flexibility index (Phi) is 7.65. The molecule has 0 aliphatic rings. The maximum absolute atomic E-state index is 5.68. The van der Waals surface area contributed by atoms with E-state index >= 15 is 0 Å². The average molecular weight is 234 g/mol. The van der Waals surface area contributed by atoms with Gasteiger partial charge in [0.2, 0.25) is 4.38 Å². The minimum atomic E-state index is -0.0615. The molecular weight excluding hydrogens is 212 g/mol. The fourth-order valence-electron chi connectivity index (χ4n) is 1.68. The van der Waals surface area contributed by atoms with Crippen molar-refractivity contribution in [2.75, 3.05) is 0 Å². The quantitative estimate of drug-likeness (QED) is 0.398. The van der Waals surface area contributed by atoms with Gasteiger partial charge in [-0.25, -0.2) is 0 Å². The molecule has 0 saturated heterocycles. The molecule has 1 nitrogen and oxygen atoms in total. The van der Waals surface area contributed by atoms with Gasteiger partial charge in [0.15, 0.2) is 0 Å². The molecule has 0 aromatic heterocycles. The molecule has 0 radical (unpaired) electrons. The van der Waals surface area contributed by atoms with E-state index in [1.54, 1.807) is 0 Å². The summed E-state index contributed by atoms with van der Waals surface area (Å²) in [5.41, 5.74) is -0.0615. The van der Waals surface area contributed by atoms with Crippen molar-refractivity contribution in [3.8, 4) is 0 Å². The van der Waals surface area contributed by atoms with Gasteiger partial charge in [0, 0.05) is 0 Å². The Balaban J connectivity index is 4.14. The van der Waals surface area contributed by atoms with Gasteiger partial charge in [0.25, 0.3) is 0 Å². The fraction of sp³-hybridized carbons (Fsp3) is 0.909. The van der Waals surface area contributed by atoms with Gasteiger partial charge in [-0.1, -0.05) is 46.2 Å². The Bertz CT molecular complexity index is 165. The molecule has 0 rings (SSSR count). The van der Waals surface area contributed by atoms with Crippen LogP contribution in [-0.2, 0) is 4.74 Å². The largest absolute Gasteiger partial charge is 0.472 e. The summed E-state index contributed by atoms with van der Waals surface area (Å²) >= 11 is 8.95. The van der Waals surface area contributed by atoms with Crippen LogP contribution in [0.3, 0.4) is 0 Å². The van der Waals surface area contributed by atoms with Gasteiger partial charge in [-0.3, -0.25) is 0 Å². The number of rotatable bonds is 7. The fourth-order valence-corrected chi connectivity index (χ4v) is 2.05. The molecule has 0 saturated carbocycles. The molecule has 0 aliphatic carbocycles. The van der Waals surface area contributed by atoms with Crippen molar-refractivity contribution in [2.45, 2.75) is 64.9 Å². The second-order valence-corrected chi connectivity index (χ2v) is 4.79. The first-order valence-corrected chi connectivity index (χ1v) is 6.37. The lowest BCUT2D eigenvalue weighted by atomic mass is 9.90. The zero-order chi connectivity index (χ0) is 11.0. The van der Waals surface area contributed by atoms with Gasteiger partial charge in [-0.15, -0.1) is 0 Å². The summed E-state index contributed by atoms with van der Waals surface area (Å²) < 4.78 is 6.06. The van der Waals surface area contributed by atoms with Crippen molar-refractivity contribution in [1.82, 2.24) is 0 Å². The Labute approximate surface area is 99.0 Å². The minimum Gasteiger partial charge on any atom is -0.472 e. The van der Waals surface area contributed by atoms with E-state index in [1.165, 1.54) is 19.3 Å². The van der Waals surface area contributed by atoms with Crippen LogP contribution in [0.2, 0.25) is 0 Å². The van der Waals surface area contributed by atoms with Gasteiger partial charge >= 0.3 is 0 Å². The first-order chi connectivity index (χ1) is 6.60. The highest BCUT2D eigenvalue weighted by molar-refractivity contribution is 8.10. The van der Waals surface area contributed by atoms with E-state index in [0.717, 1.165) is 19.3 Å². The van der Waals surface area contributed by atoms with E-state index in [-0.39, 0.29) is 5.60 Å². The predicted octanol–water partition coefficient (Wildman–Crippen LogP) is 4.36. The molecule has 0 aliphatic heterocycles. The molecule has 0 aromatic rings. The van der Waals surface area contributed by atoms with Gasteiger partial charge in [-0.05, 0) is 37.9 Å². The third kappa shape index (κ3) is 5.20. The SMILES string of the molecule is CCCCCC(CC)(CC)OC(=S)S. The van der Waals surface area contributed by atoms with Crippen molar-refractivity contribution in [2.24, 2.45) is 0 Å². The maximum atomic E-state index is 5.68. The number of ether oxygens (including phenoxy) is 1. The van der Waals surface area contributed by atoms with Crippen LogP contribution in [0.4, 0.5) is 0 Å². The zero-order valence-electron chi connectivity index (χ0n) is 9.51. The van der Waals surface area contributed by atoms with Crippen molar-refractivity contribution < 1.29 is 4.74 Å². The molecule has 0 atom stereocenters. The highest BCUT2D eigenvalue weighted by Gasteiger charge is 2.27. The summed E-state index contributed by atoms with van der Waals surface area (Å²) in [7, 11) is 0. The van der Waals surface area contributed by atoms with Crippen LogP contribution >= 0.6 is 24.8 Å². The summed E-state index contributed by atoms with van der Waals surface area (Å²) in [6, 6.07) is 0. The molecule has 3 heteroatoms. The van der Waals surface area contributed by atoms with Gasteiger partial charge in [-0.2, -0.15) is 0 Å². The number of hydrogen-bond donors (Lipinski definition) is 1. The van der Waals surface area contributed by atoms with Crippen LogP contribution < -0.4 is 0 Å². The maximum Gasteiger partial charge on any atom is 0.217 e. The van der Waals surface area contributed by atoms with E-state index in [4.69, 9.17) is 17.0 Å². The molecule has 84 valence electrons. The Hall–Kier alpha value is 0.240. The van der Waals surface area contributed by atoms with E-state index in [2.05, 4.69) is 33.4 Å². The molecular formula is C11H22OS2. The number of thiol groups is 1. The van der Waals surface area contributed by atoms with E-state index in [9.17, 15) is 0 Å². The summed E-state index contributed by atoms with van der Waals surface area (Å²) in [6.45, 7) is 6.52. The predicted molar refractivity (Wildman–Crippen MR) is 70.1 cm³/mol. The molecule has 0 bridgehead atoms. The molecule has 0 N–H and O–H groups in total. The number of thiocarbonyl (C=S) groups is 1. The number of hydrogen-bond acceptors (Lipinski definition) is 2. The van der Waals surface area contributed by atoms with Crippen molar-refractivity contribution in [3.05, 3.63) is 0 Å². The van der Waals surface area contributed by atoms with E-state index < -0.39 is 0 Å². The van der Waals surface area contributed by atoms with E-state index in [1.807, 2.05) is 0 Å². The van der Waals surface area contributed by atoms with Crippen LogP contribution in [0.1, 0.15) is 59.3 Å². The summed E-state index contributed by atoms with van der Waals surface area (Å²) in [4.78, 5) is 0. The smallest absolute Gasteiger partial charge is 0.217 e. The highest BCUT2D eigenvalue weighted by atomic mass is 32.1. The standard InChI is InChI=1S/C11H22OS2/c1-4-7-8-9-11(5-2,6-3)12-10(13)14/h4-9H2,1-3H3,(H,13,14). The summed E-state index contributed by atoms with van der Waals surface area (Å²) in [5.74, 6) is 0. The van der Waals surface area contributed by atoms with Crippen LogP contribution in [0.25, 0.3) is 0 Å². The first kappa shape index (κ1) is 14.2. The molecule has 0 heterocycles. The lowest BCUT2D eigenvalue weighted by Gasteiger charge is -2.32. The minimum absolute atomic E-state index is 0.0615. The average Bonchev–Trinajstić information content (AvgIpc) is 2.16. The normalized spacial score (nSPS) is 11.4. The lowest BCUT2D eigenvalue weighted by molar-refractivity contribution is 0.0439. The van der Waals surface area contributed by atoms with Gasteiger partial charge in [0.1, 0.15) is 5.60 Å². The third-order valence-electron chi connectivity index (χ3n) is 2.83. The second-order valence-electron chi connectivity index (χ2n) is 3.72. The highest BCUT2D eigenvalue weighted by Crippen LogP contribution is 2.28. The topological polar surface area (TPSA) is 9.23 Å². The van der Waals surface area contributed by atoms with Crippen LogP contribution in [0.15, 0.2) is 0 Å². The molecule has 14 heavy (non-hydrogen) atoms. The Morgan fingerprint density at radius 2 is 1.79 bits per heavy atom. The zero-order valence-corrected chi connectivity index (χ0v) is 11.2. The Morgan fingerprint density at radius 1 is 1.21 bits per heavy atom. The molecule has 0 amide bonds. The third-order valence-corrected chi connectivity index (χ3v) is 3.00. The molecule has 0 spiro atoms. The second kappa shape index (κ2) is 7.52. The summed E-state index contributed by atoms with van der Waals surface area (Å²) in [5, 5.41) is 0. The van der Waals surface area contributed by atoms with Crippen LogP contribution in [0, 0.1) is 0 Å². The monoisotopic (exact) mass is 234 g/mol. The van der Waals surface area contributed by atoms with Crippen LogP contribution in [-0.4, -0.2) is 9.98 Å². The lowest BCUT2D eigenvalue weighted by Crippen LogP contribution is -2.32. The first-order valence-electron chi connectivity index (χ1n) is 5.52. The number of unbranched alkanes of at least 4 members (excludes halogenated alkanes) is 2. The van der Waals surface area contributed by atoms with Gasteiger partial charge in [0.05, 0.1) is 0 Å². The van der Waals surface area contributed by atoms with Crippen molar-refractivity contribution in [1.29, 1.82) is 0 Å². The molecule has 0 fully saturated rings. The van der Waals surface area contributed by atoms with Gasteiger partial charge < -0.3 is 4.74 Å². The Morgan fingerprint density at radius 3 is 2.14 bits per heavy atom. The van der Waals surface area contributed by atoms with Crippen LogP contribution in [0.5, 0.6) is 0 Å². The van der Waals surface area contributed by atoms with Crippen molar-refractivity contribution in [3.63, 3.8) is 0 Å². The molecule has 0 unspecified atom stereocenters. The van der Waals surface area contributed by atoms with E-state index in [0.29, 0.717) is 4.38 Å². The summed E-state index contributed by atoms with van der Waals surface area (Å²) in [6.07, 6.45) is 6.84. The van der Waals surface area contributed by atoms with Crippen molar-refractivity contribution >= 4 is 29.2 Å². The molecule has 0 aromatic carbocycles.